The number of aromatic nitrogens is 3. The number of fused-ring (bicyclic) bond motifs is 2. The molecule has 3 aromatic carbocycles. The Kier molecular flexibility index (Phi) is 3.65. The summed E-state index contributed by atoms with van der Waals surface area (Å²) < 4.78 is 7.25. The fourth-order valence-electron chi connectivity index (χ4n) is 2.98. The van der Waals surface area contributed by atoms with E-state index >= 15 is 0 Å². The predicted octanol–water partition coefficient (Wildman–Crippen LogP) is 5.42. The van der Waals surface area contributed by atoms with E-state index in [1.807, 2.05) is 66.7 Å². The lowest BCUT2D eigenvalue weighted by molar-refractivity contribution is 0.299. The zero-order valence-corrected chi connectivity index (χ0v) is 14.7. The Labute approximate surface area is 154 Å². The molecule has 0 aliphatic heterocycles. The zero-order valence-electron chi connectivity index (χ0n) is 13.8. The van der Waals surface area contributed by atoms with Gasteiger partial charge in [0, 0.05) is 0 Å². The summed E-state index contributed by atoms with van der Waals surface area (Å²) in [5.41, 5.74) is 3.99. The van der Waals surface area contributed by atoms with Gasteiger partial charge < -0.3 is 9.72 Å². The lowest BCUT2D eigenvalue weighted by Crippen LogP contribution is -1.98. The van der Waals surface area contributed by atoms with E-state index in [1.54, 1.807) is 11.3 Å². The van der Waals surface area contributed by atoms with Gasteiger partial charge in [0.25, 0.3) is 0 Å². The van der Waals surface area contributed by atoms with Crippen LogP contribution in [0.25, 0.3) is 31.8 Å². The molecule has 4 nitrogen and oxygen atoms in total. The van der Waals surface area contributed by atoms with Crippen LogP contribution in [-0.2, 0) is 6.61 Å². The second-order valence-electron chi connectivity index (χ2n) is 5.97. The van der Waals surface area contributed by atoms with Gasteiger partial charge in [-0.15, -0.1) is 11.3 Å². The summed E-state index contributed by atoms with van der Waals surface area (Å²) in [6.07, 6.45) is 0. The highest BCUT2D eigenvalue weighted by Gasteiger charge is 2.12. The summed E-state index contributed by atoms with van der Waals surface area (Å²) in [4.78, 5) is 12.6. The molecule has 126 valence electrons. The van der Waals surface area contributed by atoms with Gasteiger partial charge in [0.2, 0.25) is 0 Å². The standard InChI is InChI=1S/C21H15N3OS/c1-5-11-18(25-13-20-22-15-8-2-3-9-16(15)23-20)14(7-1)21-24-17-10-4-6-12-19(17)26-21/h1-12H,13H2,(H,22,23). The smallest absolute Gasteiger partial charge is 0.146 e. The van der Waals surface area contributed by atoms with Crippen LogP contribution >= 0.6 is 11.3 Å². The third-order valence-corrected chi connectivity index (χ3v) is 5.28. The van der Waals surface area contributed by atoms with Gasteiger partial charge >= 0.3 is 0 Å². The first-order valence-electron chi connectivity index (χ1n) is 8.38. The first-order valence-corrected chi connectivity index (χ1v) is 9.20. The van der Waals surface area contributed by atoms with Gasteiger partial charge in [-0.2, -0.15) is 0 Å². The van der Waals surface area contributed by atoms with E-state index in [0.29, 0.717) is 6.61 Å². The number of hydrogen-bond acceptors (Lipinski definition) is 4. The van der Waals surface area contributed by atoms with Crippen molar-refractivity contribution >= 4 is 32.6 Å². The SMILES string of the molecule is c1ccc(-c2nc3ccccc3s2)c(OCc2nc3ccccc3[nH]2)c1. The van der Waals surface area contributed by atoms with E-state index in [-0.39, 0.29) is 0 Å². The summed E-state index contributed by atoms with van der Waals surface area (Å²) in [6.45, 7) is 0.386. The average Bonchev–Trinajstić information content (AvgIpc) is 3.30. The van der Waals surface area contributed by atoms with E-state index in [4.69, 9.17) is 9.72 Å². The monoisotopic (exact) mass is 357 g/mol. The number of nitrogens with one attached hydrogen (secondary N) is 1. The van der Waals surface area contributed by atoms with Crippen LogP contribution < -0.4 is 4.74 Å². The second kappa shape index (κ2) is 6.28. The van der Waals surface area contributed by atoms with Crippen molar-refractivity contribution in [3.05, 3.63) is 78.6 Å². The Bertz CT molecular complexity index is 1140. The Morgan fingerprint density at radius 3 is 2.46 bits per heavy atom. The third kappa shape index (κ3) is 2.72. The van der Waals surface area contributed by atoms with Gasteiger partial charge in [-0.3, -0.25) is 0 Å². The minimum absolute atomic E-state index is 0.386. The molecule has 5 aromatic rings. The number of thiazole rings is 1. The first kappa shape index (κ1) is 15.1. The van der Waals surface area contributed by atoms with Crippen molar-refractivity contribution in [2.75, 3.05) is 0 Å². The number of imidazole rings is 1. The molecule has 26 heavy (non-hydrogen) atoms. The van der Waals surface area contributed by atoms with Crippen LogP contribution in [0.5, 0.6) is 5.75 Å². The molecule has 0 spiro atoms. The first-order chi connectivity index (χ1) is 12.9. The van der Waals surface area contributed by atoms with Crippen molar-refractivity contribution in [2.45, 2.75) is 6.61 Å². The van der Waals surface area contributed by atoms with Crippen LogP contribution in [0.4, 0.5) is 0 Å². The van der Waals surface area contributed by atoms with Gasteiger partial charge in [-0.05, 0) is 36.4 Å². The summed E-state index contributed by atoms with van der Waals surface area (Å²) in [5, 5.41) is 0.964. The molecular weight excluding hydrogens is 342 g/mol. The lowest BCUT2D eigenvalue weighted by Gasteiger charge is -2.08. The van der Waals surface area contributed by atoms with E-state index in [1.165, 1.54) is 4.70 Å². The topological polar surface area (TPSA) is 50.8 Å². The van der Waals surface area contributed by atoms with Crippen LogP contribution in [0.15, 0.2) is 72.8 Å². The van der Waals surface area contributed by atoms with Crippen molar-refractivity contribution in [1.29, 1.82) is 0 Å². The van der Waals surface area contributed by atoms with Crippen molar-refractivity contribution in [1.82, 2.24) is 15.0 Å². The molecule has 0 saturated carbocycles. The maximum Gasteiger partial charge on any atom is 0.146 e. The second-order valence-corrected chi connectivity index (χ2v) is 7.00. The molecule has 0 atom stereocenters. The molecule has 0 radical (unpaired) electrons. The van der Waals surface area contributed by atoms with Gasteiger partial charge in [0.05, 0.1) is 26.8 Å². The molecule has 0 aliphatic carbocycles. The summed E-state index contributed by atoms with van der Waals surface area (Å²) in [6, 6.07) is 24.2. The molecule has 0 unspecified atom stereocenters. The number of aromatic amines is 1. The minimum Gasteiger partial charge on any atom is -0.485 e. The number of para-hydroxylation sites is 4. The van der Waals surface area contributed by atoms with E-state index in [2.05, 4.69) is 16.0 Å². The maximum atomic E-state index is 6.08. The molecular formula is C21H15N3OS. The normalized spacial score (nSPS) is 11.2. The fraction of sp³-hybridized carbons (Fsp3) is 0.0476. The quantitative estimate of drug-likeness (QED) is 0.467. The fourth-order valence-corrected chi connectivity index (χ4v) is 3.97. The van der Waals surface area contributed by atoms with E-state index < -0.39 is 0 Å². The van der Waals surface area contributed by atoms with E-state index in [9.17, 15) is 0 Å². The van der Waals surface area contributed by atoms with Crippen molar-refractivity contribution in [3.63, 3.8) is 0 Å². The lowest BCUT2D eigenvalue weighted by atomic mass is 10.2. The average molecular weight is 357 g/mol. The summed E-state index contributed by atoms with van der Waals surface area (Å²) in [7, 11) is 0. The highest BCUT2D eigenvalue weighted by molar-refractivity contribution is 7.21. The van der Waals surface area contributed by atoms with Crippen molar-refractivity contribution < 1.29 is 4.74 Å². The molecule has 0 bridgehead atoms. The highest BCUT2D eigenvalue weighted by Crippen LogP contribution is 2.35. The maximum absolute atomic E-state index is 6.08. The molecule has 0 saturated heterocycles. The molecule has 0 amide bonds. The van der Waals surface area contributed by atoms with Crippen LogP contribution in [0.2, 0.25) is 0 Å². The Hall–Kier alpha value is -3.18. The zero-order chi connectivity index (χ0) is 17.3. The summed E-state index contributed by atoms with van der Waals surface area (Å²) >= 11 is 1.68. The predicted molar refractivity (Wildman–Crippen MR) is 105 cm³/mol. The Morgan fingerprint density at radius 2 is 1.58 bits per heavy atom. The molecule has 2 aromatic heterocycles. The minimum atomic E-state index is 0.386. The molecule has 1 N–H and O–H groups in total. The van der Waals surface area contributed by atoms with Gasteiger partial charge in [0.15, 0.2) is 0 Å². The molecule has 0 aliphatic rings. The van der Waals surface area contributed by atoms with Crippen LogP contribution in [0.3, 0.4) is 0 Å². The number of rotatable bonds is 4. The van der Waals surface area contributed by atoms with E-state index in [0.717, 1.165) is 38.7 Å². The highest BCUT2D eigenvalue weighted by atomic mass is 32.1. The number of nitrogens with zero attached hydrogens (tertiary/aromatic N) is 2. The Morgan fingerprint density at radius 1 is 0.808 bits per heavy atom. The Balaban J connectivity index is 1.46. The number of benzene rings is 3. The van der Waals surface area contributed by atoms with Crippen LogP contribution in [0.1, 0.15) is 5.82 Å². The van der Waals surface area contributed by atoms with Gasteiger partial charge in [-0.1, -0.05) is 36.4 Å². The van der Waals surface area contributed by atoms with Crippen LogP contribution in [-0.4, -0.2) is 15.0 Å². The number of ether oxygens (including phenoxy) is 1. The molecule has 5 rings (SSSR count). The van der Waals surface area contributed by atoms with Crippen molar-refractivity contribution in [3.8, 4) is 16.3 Å². The van der Waals surface area contributed by atoms with Crippen molar-refractivity contribution in [2.24, 2.45) is 0 Å². The largest absolute Gasteiger partial charge is 0.485 e. The third-order valence-electron chi connectivity index (χ3n) is 4.21. The van der Waals surface area contributed by atoms with Crippen LogP contribution in [0, 0.1) is 0 Å². The molecule has 5 heteroatoms. The van der Waals surface area contributed by atoms with Gasteiger partial charge in [0.1, 0.15) is 23.2 Å². The summed E-state index contributed by atoms with van der Waals surface area (Å²) in [5.74, 6) is 1.62. The number of H-pyrrole nitrogens is 1. The molecule has 0 fully saturated rings. The number of hydrogen-bond donors (Lipinski definition) is 1. The molecule has 2 heterocycles. The van der Waals surface area contributed by atoms with Gasteiger partial charge in [-0.25, -0.2) is 9.97 Å².